The van der Waals surface area contributed by atoms with Crippen LogP contribution in [0.3, 0.4) is 0 Å². The second-order valence-corrected chi connectivity index (χ2v) is 5.61. The number of aryl methyl sites for hydroxylation is 1. The lowest BCUT2D eigenvalue weighted by Gasteiger charge is -2.40. The Balaban J connectivity index is 2.34. The molecule has 0 saturated heterocycles. The molecular weight excluding hydrogens is 310 g/mol. The lowest BCUT2D eigenvalue weighted by Crippen LogP contribution is -2.46. The molecule has 1 aliphatic carbocycles. The van der Waals surface area contributed by atoms with Crippen LogP contribution in [-0.2, 0) is 21.7 Å². The van der Waals surface area contributed by atoms with E-state index in [-0.39, 0.29) is 5.70 Å². The summed E-state index contributed by atoms with van der Waals surface area (Å²) in [6.07, 6.45) is 3.32. The summed E-state index contributed by atoms with van der Waals surface area (Å²) >= 11 is 0. The van der Waals surface area contributed by atoms with E-state index in [9.17, 15) is 15.2 Å². The summed E-state index contributed by atoms with van der Waals surface area (Å²) in [4.78, 5) is 10.0. The van der Waals surface area contributed by atoms with Crippen LogP contribution in [0.1, 0.15) is 23.1 Å². The summed E-state index contributed by atoms with van der Waals surface area (Å²) in [5.41, 5.74) is 3.03. The van der Waals surface area contributed by atoms with Crippen LogP contribution in [0.15, 0.2) is 49.2 Å². The summed E-state index contributed by atoms with van der Waals surface area (Å²) in [5, 5.41) is 20.9. The number of aliphatic hydroxyl groups excluding tert-OH is 1. The van der Waals surface area contributed by atoms with Gasteiger partial charge in [-0.05, 0) is 42.2 Å². The van der Waals surface area contributed by atoms with Crippen LogP contribution in [0.2, 0.25) is 0 Å². The molecule has 0 saturated carbocycles. The first-order valence-corrected chi connectivity index (χ1v) is 7.48. The van der Waals surface area contributed by atoms with E-state index < -0.39 is 16.8 Å². The Morgan fingerprint density at radius 3 is 2.62 bits per heavy atom. The van der Waals surface area contributed by atoms with Crippen molar-refractivity contribution in [3.63, 3.8) is 0 Å². The molecule has 0 radical (unpaired) electrons. The van der Waals surface area contributed by atoms with Crippen LogP contribution < -0.4 is 0 Å². The van der Waals surface area contributed by atoms with Crippen molar-refractivity contribution in [2.75, 3.05) is 14.2 Å². The topological polar surface area (TPSA) is 81.8 Å². The average molecular weight is 331 g/mol. The lowest BCUT2D eigenvalue weighted by atomic mass is 9.82. The first kappa shape index (κ1) is 18.1. The van der Waals surface area contributed by atoms with Gasteiger partial charge in [-0.3, -0.25) is 10.1 Å². The summed E-state index contributed by atoms with van der Waals surface area (Å²) in [5.74, 6) is -1.18. The largest absolute Gasteiger partial charge is 0.387 e. The van der Waals surface area contributed by atoms with Crippen LogP contribution in [0.5, 0.6) is 0 Å². The maximum absolute atomic E-state index is 10.6. The Hall–Kier alpha value is -2.28. The molecule has 2 rings (SSSR count). The number of benzene rings is 1. The molecule has 6 heteroatoms. The average Bonchev–Trinajstić information content (AvgIpc) is 2.59. The predicted molar refractivity (Wildman–Crippen MR) is 90.8 cm³/mol. The standard InChI is InChI=1S/C18H21NO5/c1-12(5-6-13(2)19(21)22)14-7-9-16-15(11-14)8-10-17(20)18(16,23-3)24-4/h5-7,9,11,17,20H,1-2,8,10H2,3-4H3/b6-5-. The van der Waals surface area contributed by atoms with Gasteiger partial charge in [-0.25, -0.2) is 0 Å². The van der Waals surface area contributed by atoms with Crippen molar-refractivity contribution in [1.82, 2.24) is 0 Å². The molecule has 0 spiro atoms. The molecular formula is C18H21NO5. The third kappa shape index (κ3) is 3.17. The van der Waals surface area contributed by atoms with Gasteiger partial charge in [0, 0.05) is 25.9 Å². The van der Waals surface area contributed by atoms with Crippen LogP contribution in [0.4, 0.5) is 0 Å². The third-order valence-corrected chi connectivity index (χ3v) is 4.30. The van der Waals surface area contributed by atoms with Gasteiger partial charge in [0.25, 0.3) is 5.70 Å². The highest BCUT2D eigenvalue weighted by Crippen LogP contribution is 2.39. The van der Waals surface area contributed by atoms with Gasteiger partial charge >= 0.3 is 0 Å². The van der Waals surface area contributed by atoms with Crippen LogP contribution in [0, 0.1) is 10.1 Å². The molecule has 24 heavy (non-hydrogen) atoms. The minimum Gasteiger partial charge on any atom is -0.387 e. The van der Waals surface area contributed by atoms with Crippen molar-refractivity contribution < 1.29 is 19.5 Å². The normalized spacial score (nSPS) is 19.0. The first-order valence-electron chi connectivity index (χ1n) is 7.48. The van der Waals surface area contributed by atoms with Gasteiger partial charge < -0.3 is 14.6 Å². The zero-order valence-corrected chi connectivity index (χ0v) is 13.8. The molecule has 0 aliphatic heterocycles. The number of nitro groups is 1. The molecule has 1 unspecified atom stereocenters. The van der Waals surface area contributed by atoms with E-state index in [4.69, 9.17) is 9.47 Å². The van der Waals surface area contributed by atoms with E-state index in [0.29, 0.717) is 18.4 Å². The van der Waals surface area contributed by atoms with Gasteiger partial charge in [-0.1, -0.05) is 24.8 Å². The minimum atomic E-state index is -1.18. The van der Waals surface area contributed by atoms with E-state index in [1.807, 2.05) is 18.2 Å². The number of hydrogen-bond acceptors (Lipinski definition) is 5. The Morgan fingerprint density at radius 2 is 2.04 bits per heavy atom. The van der Waals surface area contributed by atoms with Crippen LogP contribution >= 0.6 is 0 Å². The predicted octanol–water partition coefficient (Wildman–Crippen LogP) is 2.80. The van der Waals surface area contributed by atoms with Gasteiger partial charge in [0.2, 0.25) is 5.79 Å². The summed E-state index contributed by atoms with van der Waals surface area (Å²) in [6.45, 7) is 7.29. The smallest absolute Gasteiger partial charge is 0.262 e. The van der Waals surface area contributed by atoms with Crippen LogP contribution in [0.25, 0.3) is 5.57 Å². The number of aliphatic hydroxyl groups is 1. The second-order valence-electron chi connectivity index (χ2n) is 5.61. The molecule has 1 aliphatic rings. The molecule has 1 aromatic carbocycles. The zero-order chi connectivity index (χ0) is 17.9. The van der Waals surface area contributed by atoms with E-state index in [1.165, 1.54) is 20.3 Å². The Labute approximate surface area is 140 Å². The lowest BCUT2D eigenvalue weighted by molar-refractivity contribution is -0.418. The molecule has 128 valence electrons. The SMILES string of the molecule is C=C(/C=C\C(=C)[N+](=O)[O-])c1ccc2c(c1)CCC(O)C2(OC)OC. The zero-order valence-electron chi connectivity index (χ0n) is 13.8. The maximum atomic E-state index is 10.6. The van der Waals surface area contributed by atoms with Crippen molar-refractivity contribution in [2.45, 2.75) is 24.7 Å². The molecule has 0 heterocycles. The first-order chi connectivity index (χ1) is 11.4. The van der Waals surface area contributed by atoms with Gasteiger partial charge in [0.15, 0.2) is 0 Å². The Morgan fingerprint density at radius 1 is 1.38 bits per heavy atom. The third-order valence-electron chi connectivity index (χ3n) is 4.30. The number of nitrogens with zero attached hydrogens (tertiary/aromatic N) is 1. The molecule has 0 aromatic heterocycles. The minimum absolute atomic E-state index is 0.199. The number of rotatable bonds is 6. The van der Waals surface area contributed by atoms with Crippen molar-refractivity contribution in [2.24, 2.45) is 0 Å². The summed E-state index contributed by atoms with van der Waals surface area (Å²) < 4.78 is 11.0. The molecule has 1 aromatic rings. The van der Waals surface area contributed by atoms with Crippen molar-refractivity contribution in [3.05, 3.63) is 76.0 Å². The fraction of sp³-hybridized carbons (Fsp3) is 0.333. The number of fused-ring (bicyclic) bond motifs is 1. The highest BCUT2D eigenvalue weighted by atomic mass is 16.7. The monoisotopic (exact) mass is 331 g/mol. The Bertz CT molecular complexity index is 703. The van der Waals surface area contributed by atoms with Crippen molar-refractivity contribution in [1.29, 1.82) is 0 Å². The van der Waals surface area contributed by atoms with E-state index in [1.54, 1.807) is 6.08 Å². The number of allylic oxidation sites excluding steroid dienone is 3. The number of ether oxygens (including phenoxy) is 2. The quantitative estimate of drug-likeness (QED) is 0.375. The highest BCUT2D eigenvalue weighted by molar-refractivity contribution is 5.73. The van der Waals surface area contributed by atoms with E-state index >= 15 is 0 Å². The fourth-order valence-corrected chi connectivity index (χ4v) is 2.93. The van der Waals surface area contributed by atoms with Crippen molar-refractivity contribution >= 4 is 5.57 Å². The molecule has 0 amide bonds. The van der Waals surface area contributed by atoms with Gasteiger partial charge in [0.05, 0.1) is 4.92 Å². The van der Waals surface area contributed by atoms with Gasteiger partial charge in [-0.2, -0.15) is 0 Å². The number of methoxy groups -OCH3 is 2. The van der Waals surface area contributed by atoms with Gasteiger partial charge in [0.1, 0.15) is 6.10 Å². The number of hydrogen-bond donors (Lipinski definition) is 1. The van der Waals surface area contributed by atoms with E-state index in [0.717, 1.165) is 16.7 Å². The Kier molecular flexibility index (Phi) is 5.33. The second kappa shape index (κ2) is 7.09. The van der Waals surface area contributed by atoms with Crippen molar-refractivity contribution in [3.8, 4) is 0 Å². The molecule has 0 fully saturated rings. The molecule has 1 atom stereocenters. The molecule has 1 N–H and O–H groups in total. The highest BCUT2D eigenvalue weighted by Gasteiger charge is 2.44. The van der Waals surface area contributed by atoms with E-state index in [2.05, 4.69) is 13.2 Å². The summed E-state index contributed by atoms with van der Waals surface area (Å²) in [7, 11) is 3.00. The molecule has 0 bridgehead atoms. The maximum Gasteiger partial charge on any atom is 0.262 e. The van der Waals surface area contributed by atoms with Gasteiger partial charge in [-0.15, -0.1) is 0 Å². The molecule has 6 nitrogen and oxygen atoms in total. The summed E-state index contributed by atoms with van der Waals surface area (Å²) in [6, 6.07) is 5.60. The van der Waals surface area contributed by atoms with Crippen LogP contribution in [-0.4, -0.2) is 30.4 Å². The fourth-order valence-electron chi connectivity index (χ4n) is 2.93.